The van der Waals surface area contributed by atoms with Crippen molar-refractivity contribution in [2.24, 2.45) is 10.8 Å². The van der Waals surface area contributed by atoms with Gasteiger partial charge in [0.1, 0.15) is 0 Å². The van der Waals surface area contributed by atoms with Crippen LogP contribution in [-0.4, -0.2) is 35.3 Å². The summed E-state index contributed by atoms with van der Waals surface area (Å²) in [5, 5.41) is 4.07. The third-order valence-electron chi connectivity index (χ3n) is 6.06. The zero-order valence-electron chi connectivity index (χ0n) is 15.9. The van der Waals surface area contributed by atoms with Gasteiger partial charge < -0.3 is 18.9 Å². The lowest BCUT2D eigenvalue weighted by Gasteiger charge is -2.39. The van der Waals surface area contributed by atoms with Crippen molar-refractivity contribution < 1.29 is 18.8 Å². The van der Waals surface area contributed by atoms with Crippen LogP contribution in [0.2, 0.25) is 0 Å². The molecule has 3 heterocycles. The molecule has 6 nitrogen and oxygen atoms in total. The molecule has 5 rings (SSSR count). The van der Waals surface area contributed by atoms with Crippen LogP contribution < -0.4 is 9.47 Å². The summed E-state index contributed by atoms with van der Waals surface area (Å²) in [7, 11) is 0. The Bertz CT molecular complexity index is 919. The Balaban J connectivity index is 1.39. The van der Waals surface area contributed by atoms with Crippen LogP contribution in [0, 0.1) is 10.8 Å². The summed E-state index contributed by atoms with van der Waals surface area (Å²) in [4.78, 5) is 15.1. The second kappa shape index (κ2) is 5.50. The summed E-state index contributed by atoms with van der Waals surface area (Å²) in [5.41, 5.74) is 1.66. The average Bonchev–Trinajstić information content (AvgIpc) is 3.29. The highest BCUT2D eigenvalue weighted by atomic mass is 16.7. The predicted molar refractivity (Wildman–Crippen MR) is 98.6 cm³/mol. The Labute approximate surface area is 158 Å². The van der Waals surface area contributed by atoms with Gasteiger partial charge in [0.15, 0.2) is 23.0 Å². The monoisotopic (exact) mass is 368 g/mol. The molecular weight excluding hydrogens is 344 g/mol. The Morgan fingerprint density at radius 3 is 2.81 bits per heavy atom. The molecule has 0 spiro atoms. The van der Waals surface area contributed by atoms with Crippen LogP contribution in [-0.2, 0) is 0 Å². The van der Waals surface area contributed by atoms with Gasteiger partial charge in [-0.15, -0.1) is 0 Å². The number of likely N-dealkylation sites (tertiary alicyclic amines) is 1. The van der Waals surface area contributed by atoms with Crippen molar-refractivity contribution in [1.82, 2.24) is 10.1 Å². The summed E-state index contributed by atoms with van der Waals surface area (Å²) >= 11 is 0. The second-order valence-corrected chi connectivity index (χ2v) is 9.29. The Morgan fingerprint density at radius 1 is 1.15 bits per heavy atom. The Morgan fingerprint density at radius 2 is 1.96 bits per heavy atom. The fraction of sp³-hybridized carbons (Fsp3) is 0.524. The smallest absolute Gasteiger partial charge is 0.276 e. The number of carbonyl (C=O) groups is 1. The highest BCUT2D eigenvalue weighted by Crippen LogP contribution is 2.52. The predicted octanol–water partition coefficient (Wildman–Crippen LogP) is 4.11. The minimum atomic E-state index is -0.0304. The summed E-state index contributed by atoms with van der Waals surface area (Å²) in [5.74, 6) is 1.93. The minimum absolute atomic E-state index is 0.0304. The molecule has 1 aliphatic carbocycles. The van der Waals surface area contributed by atoms with E-state index in [4.69, 9.17) is 14.0 Å². The van der Waals surface area contributed by atoms with E-state index in [1.54, 1.807) is 6.07 Å². The van der Waals surface area contributed by atoms with Crippen molar-refractivity contribution >= 4 is 5.91 Å². The van der Waals surface area contributed by atoms with E-state index in [2.05, 4.69) is 25.9 Å². The maximum Gasteiger partial charge on any atom is 0.276 e. The number of ether oxygens (including phenoxy) is 2. The van der Waals surface area contributed by atoms with E-state index in [0.29, 0.717) is 17.2 Å². The first-order valence-electron chi connectivity index (χ1n) is 9.50. The molecule has 0 N–H and O–H groups in total. The van der Waals surface area contributed by atoms with Gasteiger partial charge in [0, 0.05) is 24.2 Å². The van der Waals surface area contributed by atoms with Gasteiger partial charge in [-0.05, 0) is 48.3 Å². The first-order chi connectivity index (χ1) is 12.8. The van der Waals surface area contributed by atoms with Gasteiger partial charge in [-0.25, -0.2) is 0 Å². The van der Waals surface area contributed by atoms with E-state index in [1.165, 1.54) is 0 Å². The van der Waals surface area contributed by atoms with Crippen molar-refractivity contribution in [1.29, 1.82) is 0 Å². The van der Waals surface area contributed by atoms with Gasteiger partial charge in [0.05, 0.1) is 0 Å². The van der Waals surface area contributed by atoms with Gasteiger partial charge in [-0.3, -0.25) is 4.79 Å². The standard InChI is InChI=1S/C21H24N2O4/c1-20(2)8-14-9-21(3,10-20)11-23(14)19(24)15-7-17(27-22-15)13-4-5-16-18(6-13)26-12-25-16/h4-7,14H,8-12H2,1-3H3/t14-,21-/m0/s1. The maximum atomic E-state index is 13.1. The molecule has 0 unspecified atom stereocenters. The van der Waals surface area contributed by atoms with Crippen LogP contribution in [0.3, 0.4) is 0 Å². The quantitative estimate of drug-likeness (QED) is 0.798. The fourth-order valence-corrected chi connectivity index (χ4v) is 5.41. The molecule has 2 atom stereocenters. The minimum Gasteiger partial charge on any atom is -0.454 e. The molecule has 0 radical (unpaired) electrons. The zero-order chi connectivity index (χ0) is 18.8. The lowest BCUT2D eigenvalue weighted by atomic mass is 9.65. The number of benzene rings is 1. The van der Waals surface area contributed by atoms with Gasteiger partial charge >= 0.3 is 0 Å². The SMILES string of the molecule is CC1(C)C[C@H]2C[C@](C)(CN2C(=O)c2cc(-c3ccc4c(c3)OCO4)on2)C1. The zero-order valence-corrected chi connectivity index (χ0v) is 15.9. The Hall–Kier alpha value is -2.50. The molecule has 2 bridgehead atoms. The first kappa shape index (κ1) is 16.7. The summed E-state index contributed by atoms with van der Waals surface area (Å²) in [6, 6.07) is 7.60. The van der Waals surface area contributed by atoms with Crippen LogP contribution in [0.1, 0.15) is 50.5 Å². The third kappa shape index (κ3) is 2.78. The highest BCUT2D eigenvalue weighted by molar-refractivity contribution is 5.93. The normalized spacial score (nSPS) is 27.8. The number of aromatic nitrogens is 1. The van der Waals surface area contributed by atoms with Gasteiger partial charge in [-0.2, -0.15) is 0 Å². The number of rotatable bonds is 2. The number of hydrogen-bond donors (Lipinski definition) is 0. The molecular formula is C21H24N2O4. The van der Waals surface area contributed by atoms with Crippen LogP contribution >= 0.6 is 0 Å². The molecule has 6 heteroatoms. The van der Waals surface area contributed by atoms with Crippen LogP contribution in [0.4, 0.5) is 0 Å². The molecule has 1 saturated carbocycles. The van der Waals surface area contributed by atoms with E-state index in [9.17, 15) is 4.79 Å². The van der Waals surface area contributed by atoms with Crippen LogP contribution in [0.15, 0.2) is 28.8 Å². The van der Waals surface area contributed by atoms with Crippen molar-refractivity contribution in [2.45, 2.75) is 46.1 Å². The first-order valence-corrected chi connectivity index (χ1v) is 9.50. The molecule has 1 aromatic carbocycles. The summed E-state index contributed by atoms with van der Waals surface area (Å²) in [6.07, 6.45) is 3.28. The molecule has 1 saturated heterocycles. The van der Waals surface area contributed by atoms with E-state index >= 15 is 0 Å². The van der Waals surface area contributed by atoms with E-state index in [1.807, 2.05) is 23.1 Å². The lowest BCUT2D eigenvalue weighted by molar-refractivity contribution is 0.0698. The molecule has 2 fully saturated rings. The largest absolute Gasteiger partial charge is 0.454 e. The number of nitrogens with zero attached hydrogens (tertiary/aromatic N) is 2. The molecule has 142 valence electrons. The van der Waals surface area contributed by atoms with Crippen molar-refractivity contribution in [3.8, 4) is 22.8 Å². The maximum absolute atomic E-state index is 13.1. The second-order valence-electron chi connectivity index (χ2n) is 9.29. The molecule has 27 heavy (non-hydrogen) atoms. The van der Waals surface area contributed by atoms with Gasteiger partial charge in [0.2, 0.25) is 6.79 Å². The number of amides is 1. The van der Waals surface area contributed by atoms with E-state index < -0.39 is 0 Å². The van der Waals surface area contributed by atoms with Crippen LogP contribution in [0.25, 0.3) is 11.3 Å². The topological polar surface area (TPSA) is 64.8 Å². The average molecular weight is 368 g/mol. The van der Waals surface area contributed by atoms with Gasteiger partial charge in [0.25, 0.3) is 5.91 Å². The number of fused-ring (bicyclic) bond motifs is 3. The fourth-order valence-electron chi connectivity index (χ4n) is 5.41. The Kier molecular flexibility index (Phi) is 3.39. The van der Waals surface area contributed by atoms with E-state index in [0.717, 1.165) is 37.1 Å². The summed E-state index contributed by atoms with van der Waals surface area (Å²) < 4.78 is 16.2. The molecule has 1 amide bonds. The van der Waals surface area contributed by atoms with Crippen molar-refractivity contribution in [3.63, 3.8) is 0 Å². The van der Waals surface area contributed by atoms with Crippen molar-refractivity contribution in [2.75, 3.05) is 13.3 Å². The highest BCUT2D eigenvalue weighted by Gasteiger charge is 2.51. The van der Waals surface area contributed by atoms with Gasteiger partial charge in [-0.1, -0.05) is 25.9 Å². The van der Waals surface area contributed by atoms with E-state index in [-0.39, 0.29) is 29.6 Å². The number of hydrogen-bond acceptors (Lipinski definition) is 5. The molecule has 1 aromatic heterocycles. The van der Waals surface area contributed by atoms with Crippen molar-refractivity contribution in [3.05, 3.63) is 30.0 Å². The third-order valence-corrected chi connectivity index (χ3v) is 6.06. The molecule has 2 aromatic rings. The molecule has 3 aliphatic rings. The van der Waals surface area contributed by atoms with Crippen LogP contribution in [0.5, 0.6) is 11.5 Å². The number of carbonyl (C=O) groups excluding carboxylic acids is 1. The lowest BCUT2D eigenvalue weighted by Crippen LogP contribution is -2.37. The molecule has 2 aliphatic heterocycles. The summed E-state index contributed by atoms with van der Waals surface area (Å²) in [6.45, 7) is 7.93.